The van der Waals surface area contributed by atoms with E-state index in [0.29, 0.717) is 10.3 Å². The van der Waals surface area contributed by atoms with Gasteiger partial charge in [-0.1, -0.05) is 34.6 Å². The Balaban J connectivity index is 2.71. The molecule has 2 heterocycles. The van der Waals surface area contributed by atoms with Crippen LogP contribution in [0.3, 0.4) is 0 Å². The van der Waals surface area contributed by atoms with Crippen molar-refractivity contribution in [3.8, 4) is 11.4 Å². The molecular formula is C15H21BrN4O. The van der Waals surface area contributed by atoms with E-state index in [-0.39, 0.29) is 16.9 Å². The number of aromatic amines is 1. The number of nitrogens with zero attached hydrogens (tertiary/aromatic N) is 3. The van der Waals surface area contributed by atoms with Crippen LogP contribution in [0.2, 0.25) is 0 Å². The number of rotatable bonds is 2. The summed E-state index contributed by atoms with van der Waals surface area (Å²) < 4.78 is 2.26. The largest absolute Gasteiger partial charge is 0.305 e. The highest BCUT2D eigenvalue weighted by atomic mass is 79.9. The Morgan fingerprint density at radius 2 is 1.95 bits per heavy atom. The molecule has 114 valence electrons. The molecule has 0 saturated heterocycles. The monoisotopic (exact) mass is 352 g/mol. The fraction of sp³-hybridized carbons (Fsp3) is 0.533. The normalized spacial score (nSPS) is 12.2. The lowest BCUT2D eigenvalue weighted by atomic mass is 9.89. The molecule has 0 saturated carbocycles. The number of halogens is 1. The van der Waals surface area contributed by atoms with Crippen molar-refractivity contribution >= 4 is 15.9 Å². The minimum Gasteiger partial charge on any atom is -0.305 e. The maximum Gasteiger partial charge on any atom is 0.265 e. The SMILES string of the molecule is CC(C)c1nc(-c2cn(C)nc2C(C)(C)C)[nH]c(=O)c1Br. The lowest BCUT2D eigenvalue weighted by Gasteiger charge is -2.17. The Morgan fingerprint density at radius 1 is 1.33 bits per heavy atom. The Hall–Kier alpha value is -1.43. The molecule has 0 aromatic carbocycles. The average Bonchev–Trinajstić information content (AvgIpc) is 2.74. The molecule has 0 aliphatic carbocycles. The summed E-state index contributed by atoms with van der Waals surface area (Å²) in [5, 5.41) is 4.53. The van der Waals surface area contributed by atoms with Gasteiger partial charge >= 0.3 is 0 Å². The lowest BCUT2D eigenvalue weighted by molar-refractivity contribution is 0.554. The predicted molar refractivity (Wildman–Crippen MR) is 87.5 cm³/mol. The van der Waals surface area contributed by atoms with E-state index in [4.69, 9.17) is 0 Å². The van der Waals surface area contributed by atoms with Crippen LogP contribution in [0.1, 0.15) is 51.9 Å². The van der Waals surface area contributed by atoms with Crippen molar-refractivity contribution in [3.63, 3.8) is 0 Å². The first-order valence-corrected chi connectivity index (χ1v) is 7.74. The number of hydrogen-bond acceptors (Lipinski definition) is 3. The molecule has 0 bridgehead atoms. The Morgan fingerprint density at radius 3 is 2.48 bits per heavy atom. The summed E-state index contributed by atoms with van der Waals surface area (Å²) in [6.45, 7) is 10.3. The first-order chi connectivity index (χ1) is 9.61. The molecule has 2 aromatic rings. The summed E-state index contributed by atoms with van der Waals surface area (Å²) in [7, 11) is 1.87. The summed E-state index contributed by atoms with van der Waals surface area (Å²) in [5.74, 6) is 0.736. The molecule has 0 amide bonds. The van der Waals surface area contributed by atoms with Gasteiger partial charge in [-0.2, -0.15) is 5.10 Å². The van der Waals surface area contributed by atoms with Crippen LogP contribution < -0.4 is 5.56 Å². The molecule has 6 heteroatoms. The van der Waals surface area contributed by atoms with Gasteiger partial charge in [0, 0.05) is 18.7 Å². The zero-order chi connectivity index (χ0) is 15.9. The standard InChI is InChI=1S/C15H21BrN4O/c1-8(2)11-10(16)14(21)18-13(17-11)9-7-20(6)19-12(9)15(3,4)5/h7-8H,1-6H3,(H,17,18,21). The number of H-pyrrole nitrogens is 1. The zero-order valence-electron chi connectivity index (χ0n) is 13.3. The van der Waals surface area contributed by atoms with Gasteiger partial charge in [0.1, 0.15) is 10.3 Å². The molecule has 21 heavy (non-hydrogen) atoms. The lowest BCUT2D eigenvalue weighted by Crippen LogP contribution is -2.17. The number of nitrogens with one attached hydrogen (secondary N) is 1. The molecule has 0 radical (unpaired) electrons. The Bertz CT molecular complexity index is 722. The van der Waals surface area contributed by atoms with Crippen LogP contribution in [0.5, 0.6) is 0 Å². The third-order valence-corrected chi connectivity index (χ3v) is 4.00. The zero-order valence-corrected chi connectivity index (χ0v) is 14.9. The first kappa shape index (κ1) is 15.9. The van der Waals surface area contributed by atoms with Crippen molar-refractivity contribution in [2.75, 3.05) is 0 Å². The van der Waals surface area contributed by atoms with Crippen molar-refractivity contribution in [2.24, 2.45) is 7.05 Å². The molecule has 0 fully saturated rings. The van der Waals surface area contributed by atoms with Crippen LogP contribution in [-0.2, 0) is 12.5 Å². The number of aryl methyl sites for hydroxylation is 1. The second-order valence-corrected chi connectivity index (χ2v) is 7.38. The Labute approximate surface area is 132 Å². The van der Waals surface area contributed by atoms with E-state index in [0.717, 1.165) is 17.0 Å². The molecular weight excluding hydrogens is 332 g/mol. The van der Waals surface area contributed by atoms with Crippen molar-refractivity contribution in [1.29, 1.82) is 0 Å². The molecule has 2 aromatic heterocycles. The van der Waals surface area contributed by atoms with E-state index in [1.54, 1.807) is 4.68 Å². The van der Waals surface area contributed by atoms with Gasteiger partial charge in [-0.15, -0.1) is 0 Å². The van der Waals surface area contributed by atoms with E-state index in [1.807, 2.05) is 27.1 Å². The predicted octanol–water partition coefficient (Wildman–Crippen LogP) is 3.35. The fourth-order valence-corrected chi connectivity index (χ4v) is 2.85. The van der Waals surface area contributed by atoms with Crippen LogP contribution in [0.4, 0.5) is 0 Å². The van der Waals surface area contributed by atoms with Crippen molar-refractivity contribution in [2.45, 2.75) is 46.0 Å². The fourth-order valence-electron chi connectivity index (χ4n) is 2.20. The van der Waals surface area contributed by atoms with Crippen molar-refractivity contribution < 1.29 is 0 Å². The van der Waals surface area contributed by atoms with E-state index >= 15 is 0 Å². The van der Waals surface area contributed by atoms with Gasteiger partial charge in [-0.3, -0.25) is 9.48 Å². The summed E-state index contributed by atoms with van der Waals surface area (Å²) in [5.41, 5.74) is 2.27. The first-order valence-electron chi connectivity index (χ1n) is 6.95. The highest BCUT2D eigenvalue weighted by molar-refractivity contribution is 9.10. The second kappa shape index (κ2) is 5.40. The van der Waals surface area contributed by atoms with Gasteiger partial charge in [0.15, 0.2) is 0 Å². The third kappa shape index (κ3) is 3.10. The maximum absolute atomic E-state index is 12.1. The number of aromatic nitrogens is 4. The topological polar surface area (TPSA) is 63.6 Å². The van der Waals surface area contributed by atoms with E-state index in [2.05, 4.69) is 51.8 Å². The van der Waals surface area contributed by atoms with E-state index < -0.39 is 0 Å². The van der Waals surface area contributed by atoms with Gasteiger partial charge in [-0.05, 0) is 21.8 Å². The average molecular weight is 353 g/mol. The molecule has 2 rings (SSSR count). The molecule has 0 spiro atoms. The molecule has 0 unspecified atom stereocenters. The quantitative estimate of drug-likeness (QED) is 0.901. The summed E-state index contributed by atoms with van der Waals surface area (Å²) in [6.07, 6.45) is 1.90. The number of hydrogen-bond donors (Lipinski definition) is 1. The van der Waals surface area contributed by atoms with Crippen LogP contribution in [-0.4, -0.2) is 19.7 Å². The van der Waals surface area contributed by atoms with Gasteiger partial charge in [0.05, 0.1) is 17.0 Å². The summed E-state index contributed by atoms with van der Waals surface area (Å²) in [6, 6.07) is 0. The van der Waals surface area contributed by atoms with Crippen LogP contribution in [0, 0.1) is 0 Å². The summed E-state index contributed by atoms with van der Waals surface area (Å²) >= 11 is 3.32. The van der Waals surface area contributed by atoms with Gasteiger partial charge in [0.25, 0.3) is 5.56 Å². The van der Waals surface area contributed by atoms with Crippen molar-refractivity contribution in [1.82, 2.24) is 19.7 Å². The molecule has 0 aliphatic heterocycles. The highest BCUT2D eigenvalue weighted by Gasteiger charge is 2.25. The molecule has 0 atom stereocenters. The Kier molecular flexibility index (Phi) is 4.10. The molecule has 1 N–H and O–H groups in total. The van der Waals surface area contributed by atoms with E-state index in [1.165, 1.54) is 0 Å². The molecule has 0 aliphatic rings. The summed E-state index contributed by atoms with van der Waals surface area (Å²) in [4.78, 5) is 19.6. The molecule has 5 nitrogen and oxygen atoms in total. The maximum atomic E-state index is 12.1. The van der Waals surface area contributed by atoms with E-state index in [9.17, 15) is 4.79 Å². The van der Waals surface area contributed by atoms with Gasteiger partial charge in [-0.25, -0.2) is 4.98 Å². The highest BCUT2D eigenvalue weighted by Crippen LogP contribution is 2.30. The van der Waals surface area contributed by atoms with Crippen molar-refractivity contribution in [3.05, 3.63) is 32.4 Å². The minimum absolute atomic E-state index is 0.125. The smallest absolute Gasteiger partial charge is 0.265 e. The second-order valence-electron chi connectivity index (χ2n) is 6.58. The van der Waals surface area contributed by atoms with Crippen LogP contribution in [0.15, 0.2) is 15.5 Å². The van der Waals surface area contributed by atoms with Gasteiger partial charge in [0.2, 0.25) is 0 Å². The van der Waals surface area contributed by atoms with Crippen LogP contribution in [0.25, 0.3) is 11.4 Å². The van der Waals surface area contributed by atoms with Crippen LogP contribution >= 0.6 is 15.9 Å². The van der Waals surface area contributed by atoms with Gasteiger partial charge < -0.3 is 4.98 Å². The third-order valence-electron chi connectivity index (χ3n) is 3.23. The minimum atomic E-state index is -0.160.